The highest BCUT2D eigenvalue weighted by atomic mass is 79.9. The van der Waals surface area contributed by atoms with Gasteiger partial charge in [0.15, 0.2) is 11.5 Å². The molecular weight excluding hydrogens is 342 g/mol. The van der Waals surface area contributed by atoms with Gasteiger partial charge in [-0.05, 0) is 59.6 Å². The minimum Gasteiger partial charge on any atom is -0.490 e. The molecule has 20 heavy (non-hydrogen) atoms. The second kappa shape index (κ2) is 9.27. The molecule has 0 bridgehead atoms. The van der Waals surface area contributed by atoms with Gasteiger partial charge in [0.1, 0.15) is 6.61 Å². The zero-order valence-electron chi connectivity index (χ0n) is 12.1. The van der Waals surface area contributed by atoms with Crippen LogP contribution in [0.3, 0.4) is 0 Å². The topological polar surface area (TPSA) is 30.5 Å². The molecule has 0 aliphatic carbocycles. The highest BCUT2D eigenvalue weighted by Crippen LogP contribution is 2.37. The number of hydrogen-bond acceptors (Lipinski definition) is 3. The zero-order valence-corrected chi connectivity index (χ0v) is 14.5. The number of benzene rings is 1. The van der Waals surface area contributed by atoms with Crippen LogP contribution in [0, 0.1) is 0 Å². The Kier molecular flexibility index (Phi) is 8.04. The lowest BCUT2D eigenvalue weighted by Gasteiger charge is -2.15. The summed E-state index contributed by atoms with van der Waals surface area (Å²) in [4.78, 5) is 0. The highest BCUT2D eigenvalue weighted by Gasteiger charge is 2.12. The van der Waals surface area contributed by atoms with E-state index in [4.69, 9.17) is 21.1 Å². The molecule has 0 unspecified atom stereocenters. The van der Waals surface area contributed by atoms with Crippen LogP contribution < -0.4 is 14.8 Å². The van der Waals surface area contributed by atoms with Crippen molar-refractivity contribution in [3.63, 3.8) is 0 Å². The first kappa shape index (κ1) is 17.3. The quantitative estimate of drug-likeness (QED) is 0.739. The lowest BCUT2D eigenvalue weighted by atomic mass is 10.2. The molecule has 0 spiro atoms. The molecule has 1 aromatic carbocycles. The van der Waals surface area contributed by atoms with Crippen LogP contribution in [-0.4, -0.2) is 19.8 Å². The lowest BCUT2D eigenvalue weighted by Crippen LogP contribution is -2.12. The molecular formula is C15H21BrClNO2. The van der Waals surface area contributed by atoms with E-state index in [-0.39, 0.29) is 0 Å². The van der Waals surface area contributed by atoms with Gasteiger partial charge in [0.25, 0.3) is 0 Å². The van der Waals surface area contributed by atoms with Crippen molar-refractivity contribution in [2.75, 3.05) is 19.8 Å². The zero-order chi connectivity index (χ0) is 15.0. The number of hydrogen-bond donors (Lipinski definition) is 1. The maximum absolute atomic E-state index is 5.79. The van der Waals surface area contributed by atoms with Gasteiger partial charge in [0, 0.05) is 12.1 Å². The number of ether oxygens (including phenoxy) is 2. The number of rotatable bonds is 8. The van der Waals surface area contributed by atoms with E-state index < -0.39 is 0 Å². The van der Waals surface area contributed by atoms with E-state index in [2.05, 4.69) is 28.2 Å². The lowest BCUT2D eigenvalue weighted by molar-refractivity contribution is 0.291. The SMILES string of the molecule is CCNCc1cc(Br)c(OC/C(C)=C/Cl)c(OCC)c1. The largest absolute Gasteiger partial charge is 0.490 e. The van der Waals surface area contributed by atoms with Gasteiger partial charge in [0.05, 0.1) is 11.1 Å². The van der Waals surface area contributed by atoms with Gasteiger partial charge in [-0.25, -0.2) is 0 Å². The normalized spacial score (nSPS) is 11.6. The molecule has 0 radical (unpaired) electrons. The Morgan fingerprint density at radius 1 is 1.35 bits per heavy atom. The summed E-state index contributed by atoms with van der Waals surface area (Å²) in [6.45, 7) is 8.72. The summed E-state index contributed by atoms with van der Waals surface area (Å²) >= 11 is 9.19. The minimum absolute atomic E-state index is 0.439. The molecule has 0 fully saturated rings. The third kappa shape index (κ3) is 5.35. The van der Waals surface area contributed by atoms with Gasteiger partial charge in [-0.3, -0.25) is 0 Å². The second-order valence-corrected chi connectivity index (χ2v) is 5.43. The monoisotopic (exact) mass is 361 g/mol. The Labute approximate surface area is 134 Å². The van der Waals surface area contributed by atoms with Crippen molar-refractivity contribution < 1.29 is 9.47 Å². The second-order valence-electron chi connectivity index (χ2n) is 4.36. The van der Waals surface area contributed by atoms with Crippen LogP contribution in [0.1, 0.15) is 26.3 Å². The van der Waals surface area contributed by atoms with E-state index >= 15 is 0 Å². The fourth-order valence-electron chi connectivity index (χ4n) is 1.61. The summed E-state index contributed by atoms with van der Waals surface area (Å²) in [5.41, 5.74) is 3.63. The maximum Gasteiger partial charge on any atom is 0.175 e. The van der Waals surface area contributed by atoms with Crippen LogP contribution in [0.2, 0.25) is 0 Å². The third-order valence-corrected chi connectivity index (χ3v) is 3.54. The summed E-state index contributed by atoms with van der Waals surface area (Å²) in [7, 11) is 0. The Hall–Kier alpha value is -0.710. The van der Waals surface area contributed by atoms with Crippen molar-refractivity contribution in [1.82, 2.24) is 5.32 Å². The predicted molar refractivity (Wildman–Crippen MR) is 87.8 cm³/mol. The van der Waals surface area contributed by atoms with Crippen molar-refractivity contribution in [3.05, 3.63) is 33.3 Å². The van der Waals surface area contributed by atoms with Crippen LogP contribution in [0.25, 0.3) is 0 Å². The first-order chi connectivity index (χ1) is 9.62. The summed E-state index contributed by atoms with van der Waals surface area (Å²) < 4.78 is 12.3. The summed E-state index contributed by atoms with van der Waals surface area (Å²) in [5, 5.41) is 3.30. The van der Waals surface area contributed by atoms with Gasteiger partial charge < -0.3 is 14.8 Å². The van der Waals surface area contributed by atoms with Gasteiger partial charge in [-0.15, -0.1) is 0 Å². The Morgan fingerprint density at radius 2 is 2.10 bits per heavy atom. The molecule has 1 N–H and O–H groups in total. The minimum atomic E-state index is 0.439. The first-order valence-corrected chi connectivity index (χ1v) is 7.89. The predicted octanol–water partition coefficient (Wildman–Crippen LogP) is 4.48. The van der Waals surface area contributed by atoms with Crippen LogP contribution in [-0.2, 0) is 6.54 Å². The third-order valence-electron chi connectivity index (χ3n) is 2.58. The van der Waals surface area contributed by atoms with Crippen molar-refractivity contribution in [2.24, 2.45) is 0 Å². The van der Waals surface area contributed by atoms with E-state index in [9.17, 15) is 0 Å². The van der Waals surface area contributed by atoms with E-state index in [0.717, 1.165) is 34.4 Å². The van der Waals surface area contributed by atoms with Crippen LogP contribution in [0.15, 0.2) is 27.7 Å². The average molecular weight is 363 g/mol. The molecule has 0 aliphatic rings. The molecule has 0 saturated heterocycles. The number of nitrogens with one attached hydrogen (secondary N) is 1. The van der Waals surface area contributed by atoms with Crippen molar-refractivity contribution >= 4 is 27.5 Å². The molecule has 3 nitrogen and oxygen atoms in total. The molecule has 112 valence electrons. The van der Waals surface area contributed by atoms with Gasteiger partial charge in [-0.2, -0.15) is 0 Å². The molecule has 1 rings (SSSR count). The van der Waals surface area contributed by atoms with E-state index in [1.807, 2.05) is 26.0 Å². The van der Waals surface area contributed by atoms with E-state index in [0.29, 0.717) is 19.0 Å². The summed E-state index contributed by atoms with van der Waals surface area (Å²) in [6.07, 6.45) is 0. The molecule has 0 heterocycles. The van der Waals surface area contributed by atoms with Gasteiger partial charge >= 0.3 is 0 Å². The van der Waals surface area contributed by atoms with Crippen LogP contribution in [0.4, 0.5) is 0 Å². The van der Waals surface area contributed by atoms with Crippen molar-refractivity contribution in [1.29, 1.82) is 0 Å². The fraction of sp³-hybridized carbons (Fsp3) is 0.467. The Bertz CT molecular complexity index is 463. The number of halogens is 2. The molecule has 0 aromatic heterocycles. The maximum atomic E-state index is 5.79. The molecule has 1 aromatic rings. The Balaban J connectivity index is 2.96. The average Bonchev–Trinajstić information content (AvgIpc) is 2.44. The standard InChI is InChI=1S/C15H21BrClNO2/c1-4-18-9-12-6-13(16)15(14(7-12)19-5-2)20-10-11(3)8-17/h6-8,18H,4-5,9-10H2,1-3H3/b11-8+. The molecule has 5 heteroatoms. The molecule has 0 saturated carbocycles. The van der Waals surface area contributed by atoms with Crippen molar-refractivity contribution in [2.45, 2.75) is 27.3 Å². The smallest absolute Gasteiger partial charge is 0.175 e. The first-order valence-electron chi connectivity index (χ1n) is 6.66. The van der Waals surface area contributed by atoms with E-state index in [1.54, 1.807) is 0 Å². The van der Waals surface area contributed by atoms with Crippen LogP contribution in [0.5, 0.6) is 11.5 Å². The van der Waals surface area contributed by atoms with Crippen LogP contribution >= 0.6 is 27.5 Å². The molecule has 0 atom stereocenters. The summed E-state index contributed by atoms with van der Waals surface area (Å²) in [6, 6.07) is 4.05. The van der Waals surface area contributed by atoms with Gasteiger partial charge in [-0.1, -0.05) is 18.5 Å². The van der Waals surface area contributed by atoms with Crippen molar-refractivity contribution in [3.8, 4) is 11.5 Å². The highest BCUT2D eigenvalue weighted by molar-refractivity contribution is 9.10. The Morgan fingerprint density at radius 3 is 2.70 bits per heavy atom. The van der Waals surface area contributed by atoms with E-state index in [1.165, 1.54) is 5.54 Å². The molecule has 0 aliphatic heterocycles. The molecule has 0 amide bonds. The fourth-order valence-corrected chi connectivity index (χ4v) is 2.28. The van der Waals surface area contributed by atoms with Gasteiger partial charge in [0.2, 0.25) is 0 Å². The summed E-state index contributed by atoms with van der Waals surface area (Å²) in [5.74, 6) is 1.46.